The van der Waals surface area contributed by atoms with Crippen LogP contribution in [0.1, 0.15) is 32.6 Å². The summed E-state index contributed by atoms with van der Waals surface area (Å²) in [7, 11) is 0. The van der Waals surface area contributed by atoms with Gasteiger partial charge in [0.1, 0.15) is 6.23 Å². The summed E-state index contributed by atoms with van der Waals surface area (Å²) >= 11 is 3.31. The van der Waals surface area contributed by atoms with Crippen molar-refractivity contribution in [2.45, 2.75) is 38.8 Å². The second-order valence-corrected chi connectivity index (χ2v) is 4.78. The molecule has 0 saturated carbocycles. The molecular formula is C11H18BrNO2. The average molecular weight is 276 g/mol. The van der Waals surface area contributed by atoms with Crippen LogP contribution in [0.15, 0.2) is 11.1 Å². The molecule has 0 aromatic heterocycles. The van der Waals surface area contributed by atoms with Crippen LogP contribution in [0.2, 0.25) is 0 Å². The summed E-state index contributed by atoms with van der Waals surface area (Å²) < 4.78 is 6.49. The molecule has 3 nitrogen and oxygen atoms in total. The summed E-state index contributed by atoms with van der Waals surface area (Å²) in [6.45, 7) is 7.09. The van der Waals surface area contributed by atoms with Gasteiger partial charge >= 0.3 is 0 Å². The van der Waals surface area contributed by atoms with Crippen LogP contribution in [0.4, 0.5) is 0 Å². The summed E-state index contributed by atoms with van der Waals surface area (Å²) in [5, 5.41) is 0. The molecule has 1 fully saturated rings. The van der Waals surface area contributed by atoms with Gasteiger partial charge < -0.3 is 9.64 Å². The first kappa shape index (κ1) is 12.7. The number of carbonyl (C=O) groups excluding carboxylic acids is 1. The minimum absolute atomic E-state index is 0.0249. The Labute approximate surface area is 99.6 Å². The molecule has 1 atom stereocenters. The fourth-order valence-electron chi connectivity index (χ4n) is 1.76. The molecule has 0 bridgehead atoms. The highest BCUT2D eigenvalue weighted by molar-refractivity contribution is 9.11. The molecular weight excluding hydrogens is 258 g/mol. The Kier molecular flexibility index (Phi) is 5.32. The van der Waals surface area contributed by atoms with Crippen molar-refractivity contribution in [1.82, 2.24) is 4.90 Å². The van der Waals surface area contributed by atoms with Gasteiger partial charge in [0.25, 0.3) is 0 Å². The Hall–Kier alpha value is -0.350. The number of piperidine rings is 1. The molecule has 1 rings (SSSR count). The minimum atomic E-state index is -0.0249. The maximum absolute atomic E-state index is 11.7. The number of likely N-dealkylation sites (tertiary alicyclic amines) is 1. The van der Waals surface area contributed by atoms with Gasteiger partial charge in [-0.1, -0.05) is 22.5 Å². The molecule has 0 radical (unpaired) electrons. The minimum Gasteiger partial charge on any atom is -0.359 e. The molecule has 0 aliphatic carbocycles. The topological polar surface area (TPSA) is 29.5 Å². The zero-order valence-corrected chi connectivity index (χ0v) is 10.8. The van der Waals surface area contributed by atoms with E-state index in [2.05, 4.69) is 22.5 Å². The van der Waals surface area contributed by atoms with Gasteiger partial charge in [0, 0.05) is 19.6 Å². The number of amides is 1. The van der Waals surface area contributed by atoms with Crippen LogP contribution in [-0.4, -0.2) is 30.2 Å². The summed E-state index contributed by atoms with van der Waals surface area (Å²) in [5.74, 6) is 0.202. The Balaban J connectivity index is 2.51. The molecule has 86 valence electrons. The lowest BCUT2D eigenvalue weighted by atomic mass is 10.1. The Morgan fingerprint density at radius 2 is 2.47 bits per heavy atom. The monoisotopic (exact) mass is 275 g/mol. The number of hydrogen-bond acceptors (Lipinski definition) is 2. The molecule has 1 amide bonds. The molecule has 1 unspecified atom stereocenters. The summed E-state index contributed by atoms with van der Waals surface area (Å²) in [6, 6.07) is 0. The smallest absolute Gasteiger partial charge is 0.224 e. The predicted octanol–water partition coefficient (Wildman–Crippen LogP) is 2.66. The number of ether oxygens (including phenoxy) is 1. The Morgan fingerprint density at radius 3 is 3.07 bits per heavy atom. The summed E-state index contributed by atoms with van der Waals surface area (Å²) in [5.41, 5.74) is 0. The molecule has 1 heterocycles. The van der Waals surface area contributed by atoms with Gasteiger partial charge in [0.15, 0.2) is 0 Å². The van der Waals surface area contributed by atoms with Crippen molar-refractivity contribution >= 4 is 21.8 Å². The number of hydrogen-bond donors (Lipinski definition) is 0. The van der Waals surface area contributed by atoms with Gasteiger partial charge in [-0.3, -0.25) is 4.79 Å². The van der Waals surface area contributed by atoms with E-state index < -0.39 is 0 Å². The second kappa shape index (κ2) is 6.28. The molecule has 15 heavy (non-hydrogen) atoms. The van der Waals surface area contributed by atoms with Crippen molar-refractivity contribution in [2.75, 3.05) is 13.2 Å². The number of rotatable bonds is 5. The van der Waals surface area contributed by atoms with E-state index in [-0.39, 0.29) is 12.1 Å². The fourth-order valence-corrected chi connectivity index (χ4v) is 1.94. The zero-order chi connectivity index (χ0) is 11.3. The van der Waals surface area contributed by atoms with E-state index in [4.69, 9.17) is 4.74 Å². The quantitative estimate of drug-likeness (QED) is 0.772. The lowest BCUT2D eigenvalue weighted by Crippen LogP contribution is -2.45. The van der Waals surface area contributed by atoms with Crippen LogP contribution < -0.4 is 0 Å². The van der Waals surface area contributed by atoms with E-state index in [0.29, 0.717) is 19.6 Å². The van der Waals surface area contributed by atoms with Gasteiger partial charge in [-0.2, -0.15) is 0 Å². The first-order valence-electron chi connectivity index (χ1n) is 5.39. The first-order valence-corrected chi connectivity index (χ1v) is 6.18. The normalized spacial score (nSPS) is 21.9. The highest BCUT2D eigenvalue weighted by Crippen LogP contribution is 2.20. The zero-order valence-electron chi connectivity index (χ0n) is 9.17. The lowest BCUT2D eigenvalue weighted by molar-refractivity contribution is -0.152. The van der Waals surface area contributed by atoms with E-state index in [0.717, 1.165) is 23.7 Å². The summed E-state index contributed by atoms with van der Waals surface area (Å²) in [4.78, 5) is 13.5. The van der Waals surface area contributed by atoms with Gasteiger partial charge in [-0.25, -0.2) is 0 Å². The van der Waals surface area contributed by atoms with E-state index >= 15 is 0 Å². The molecule has 0 spiro atoms. The van der Waals surface area contributed by atoms with Crippen LogP contribution in [-0.2, 0) is 9.53 Å². The molecule has 1 aliphatic heterocycles. The van der Waals surface area contributed by atoms with Crippen molar-refractivity contribution in [2.24, 2.45) is 0 Å². The first-order chi connectivity index (χ1) is 7.15. The fraction of sp³-hybridized carbons (Fsp3) is 0.727. The van der Waals surface area contributed by atoms with Crippen LogP contribution in [0.3, 0.4) is 0 Å². The van der Waals surface area contributed by atoms with Crippen molar-refractivity contribution in [3.05, 3.63) is 11.1 Å². The average Bonchev–Trinajstić information content (AvgIpc) is 2.17. The second-order valence-electron chi connectivity index (χ2n) is 3.66. The molecule has 1 saturated heterocycles. The maximum Gasteiger partial charge on any atom is 0.224 e. The number of carbonyl (C=O) groups is 1. The van der Waals surface area contributed by atoms with Gasteiger partial charge in [-0.05, 0) is 30.7 Å². The van der Waals surface area contributed by atoms with Crippen LogP contribution in [0, 0.1) is 0 Å². The Morgan fingerprint density at radius 1 is 1.73 bits per heavy atom. The number of halogens is 1. The number of nitrogens with zero attached hydrogens (tertiary/aromatic N) is 1. The highest BCUT2D eigenvalue weighted by Gasteiger charge is 2.27. The summed E-state index contributed by atoms with van der Waals surface area (Å²) in [6.07, 6.45) is 3.31. The third kappa shape index (κ3) is 3.95. The van der Waals surface area contributed by atoms with Crippen molar-refractivity contribution < 1.29 is 9.53 Å². The third-order valence-corrected chi connectivity index (χ3v) is 2.89. The largest absolute Gasteiger partial charge is 0.359 e. The lowest BCUT2D eigenvalue weighted by Gasteiger charge is -2.35. The van der Waals surface area contributed by atoms with Crippen molar-refractivity contribution in [1.29, 1.82) is 0 Å². The van der Waals surface area contributed by atoms with Gasteiger partial charge in [0.05, 0.1) is 0 Å². The van der Waals surface area contributed by atoms with Crippen molar-refractivity contribution in [3.8, 4) is 0 Å². The Bertz CT molecular complexity index is 241. The molecule has 0 N–H and O–H groups in total. The predicted molar refractivity (Wildman–Crippen MR) is 63.7 cm³/mol. The van der Waals surface area contributed by atoms with E-state index in [1.54, 1.807) is 0 Å². The molecule has 0 aromatic carbocycles. The SMILES string of the molecule is C=C(Br)CCN1C(=O)CCCC1OCC. The van der Waals surface area contributed by atoms with E-state index in [1.165, 1.54) is 0 Å². The molecule has 0 aromatic rings. The third-order valence-electron chi connectivity index (χ3n) is 2.49. The molecule has 1 aliphatic rings. The van der Waals surface area contributed by atoms with Gasteiger partial charge in [0.2, 0.25) is 5.91 Å². The maximum atomic E-state index is 11.7. The standard InChI is InChI=1S/C11H18BrNO2/c1-3-15-11-6-4-5-10(14)13(11)8-7-9(2)12/h11H,2-8H2,1H3. The van der Waals surface area contributed by atoms with Gasteiger partial charge in [-0.15, -0.1) is 0 Å². The van der Waals surface area contributed by atoms with E-state index in [9.17, 15) is 4.79 Å². The molecule has 4 heteroatoms. The van der Waals surface area contributed by atoms with Crippen LogP contribution in [0.25, 0.3) is 0 Å². The van der Waals surface area contributed by atoms with E-state index in [1.807, 2.05) is 11.8 Å². The van der Waals surface area contributed by atoms with Crippen LogP contribution >= 0.6 is 15.9 Å². The van der Waals surface area contributed by atoms with Crippen LogP contribution in [0.5, 0.6) is 0 Å². The highest BCUT2D eigenvalue weighted by atomic mass is 79.9. The van der Waals surface area contributed by atoms with Crippen molar-refractivity contribution in [3.63, 3.8) is 0 Å².